The minimum atomic E-state index is -2.24. The Hall–Kier alpha value is -3.85. The number of nitrogens with zero attached hydrogens (tertiary/aromatic N) is 1. The van der Waals surface area contributed by atoms with Crippen LogP contribution in [0.1, 0.15) is 48.3 Å². The Morgan fingerprint density at radius 2 is 1.10 bits per heavy atom. The lowest BCUT2D eigenvalue weighted by molar-refractivity contribution is -0.0101. The van der Waals surface area contributed by atoms with Crippen LogP contribution >= 0.6 is 0 Å². The van der Waals surface area contributed by atoms with Gasteiger partial charge >= 0.3 is 0 Å². The van der Waals surface area contributed by atoms with Gasteiger partial charge in [0.2, 0.25) is 29.1 Å². The third-order valence-corrected chi connectivity index (χ3v) is 7.94. The maximum atomic E-state index is 14.6. The van der Waals surface area contributed by atoms with Crippen LogP contribution < -0.4 is 4.74 Å². The van der Waals surface area contributed by atoms with Crippen LogP contribution in [0, 0.1) is 40.7 Å². The van der Waals surface area contributed by atoms with Gasteiger partial charge in [0.15, 0.2) is 5.75 Å². The van der Waals surface area contributed by atoms with E-state index in [2.05, 4.69) is 4.90 Å². The number of rotatable bonds is 9. The van der Waals surface area contributed by atoms with Crippen LogP contribution in [0.15, 0.2) is 78.9 Å². The molecule has 1 saturated heterocycles. The smallest absolute Gasteiger partial charge is 0.207 e. The molecule has 1 heterocycles. The molecule has 1 aliphatic heterocycles. The molecule has 0 aliphatic carbocycles. The molecule has 4 aromatic rings. The average Bonchev–Trinajstić information content (AvgIpc) is 3.02. The molecule has 4 aromatic carbocycles. The van der Waals surface area contributed by atoms with E-state index in [1.807, 2.05) is 0 Å². The summed E-state index contributed by atoms with van der Waals surface area (Å²) in [7, 11) is 0. The van der Waals surface area contributed by atoms with E-state index < -0.39 is 40.4 Å². The van der Waals surface area contributed by atoms with Gasteiger partial charge in [-0.25, -0.2) is 22.0 Å². The molecule has 0 bridgehead atoms. The summed E-state index contributed by atoms with van der Waals surface area (Å²) < 4.78 is 104. The van der Waals surface area contributed by atoms with Crippen LogP contribution in [-0.4, -0.2) is 24.5 Å². The van der Waals surface area contributed by atoms with E-state index in [1.54, 1.807) is 54.6 Å². The Kier molecular flexibility index (Phi) is 8.87. The van der Waals surface area contributed by atoms with Crippen molar-refractivity contribution in [2.24, 2.45) is 0 Å². The summed E-state index contributed by atoms with van der Waals surface area (Å²) in [6.45, 7) is 1.55. The third kappa shape index (κ3) is 6.16. The molecule has 42 heavy (non-hydrogen) atoms. The lowest BCUT2D eigenvalue weighted by Gasteiger charge is -2.42. The van der Waals surface area contributed by atoms with Crippen molar-refractivity contribution in [2.75, 3.05) is 19.6 Å². The Morgan fingerprint density at radius 3 is 1.60 bits per heavy atom. The molecule has 0 amide bonds. The molecule has 220 valence electrons. The van der Waals surface area contributed by atoms with Crippen molar-refractivity contribution >= 4 is 0 Å². The zero-order valence-corrected chi connectivity index (χ0v) is 22.5. The summed E-state index contributed by atoms with van der Waals surface area (Å²) in [6.07, 6.45) is 1.92. The summed E-state index contributed by atoms with van der Waals surface area (Å²) in [4.78, 5) is 2.15. The normalized spacial score (nSPS) is 15.2. The molecule has 1 fully saturated rings. The van der Waals surface area contributed by atoms with Gasteiger partial charge in [-0.2, -0.15) is 8.78 Å². The second-order valence-electron chi connectivity index (χ2n) is 10.5. The molecule has 0 N–H and O–H groups in total. The molecular formula is C33H28F7NO. The number of hydrogen-bond donors (Lipinski definition) is 0. The molecule has 0 spiro atoms. The van der Waals surface area contributed by atoms with Crippen molar-refractivity contribution in [2.45, 2.75) is 37.2 Å². The summed E-state index contributed by atoms with van der Waals surface area (Å²) in [6, 6.07) is 21.0. The molecular weight excluding hydrogens is 559 g/mol. The van der Waals surface area contributed by atoms with E-state index in [-0.39, 0.29) is 30.4 Å². The molecule has 9 heteroatoms. The van der Waals surface area contributed by atoms with E-state index in [0.29, 0.717) is 31.6 Å². The highest BCUT2D eigenvalue weighted by Gasteiger charge is 2.41. The van der Waals surface area contributed by atoms with Gasteiger partial charge in [0.25, 0.3) is 0 Å². The van der Waals surface area contributed by atoms with Gasteiger partial charge in [0, 0.05) is 31.8 Å². The van der Waals surface area contributed by atoms with Crippen molar-refractivity contribution in [1.82, 2.24) is 4.90 Å². The molecule has 0 saturated carbocycles. The lowest BCUT2D eigenvalue weighted by Crippen LogP contribution is -2.46. The lowest BCUT2D eigenvalue weighted by atomic mass is 9.83. The van der Waals surface area contributed by atoms with Gasteiger partial charge in [-0.05, 0) is 60.3 Å². The summed E-state index contributed by atoms with van der Waals surface area (Å²) in [5, 5.41) is 0. The van der Waals surface area contributed by atoms with Gasteiger partial charge in [-0.3, -0.25) is 0 Å². The van der Waals surface area contributed by atoms with E-state index in [4.69, 9.17) is 4.74 Å². The van der Waals surface area contributed by atoms with Crippen molar-refractivity contribution in [3.63, 3.8) is 0 Å². The average molecular weight is 588 g/mol. The Labute approximate surface area is 239 Å². The van der Waals surface area contributed by atoms with Gasteiger partial charge in [0.1, 0.15) is 17.2 Å². The third-order valence-electron chi connectivity index (χ3n) is 7.94. The van der Waals surface area contributed by atoms with Crippen LogP contribution in [0.5, 0.6) is 5.75 Å². The monoisotopic (exact) mass is 587 g/mol. The first-order valence-corrected chi connectivity index (χ1v) is 13.7. The zero-order valence-electron chi connectivity index (χ0n) is 22.5. The fourth-order valence-electron chi connectivity index (χ4n) is 5.63. The number of hydrogen-bond acceptors (Lipinski definition) is 2. The highest BCUT2D eigenvalue weighted by molar-refractivity contribution is 5.34. The molecule has 2 nitrogen and oxygen atoms in total. The predicted molar refractivity (Wildman–Crippen MR) is 145 cm³/mol. The van der Waals surface area contributed by atoms with Crippen LogP contribution in [0.25, 0.3) is 0 Å². The molecule has 0 radical (unpaired) electrons. The van der Waals surface area contributed by atoms with E-state index >= 15 is 0 Å². The second kappa shape index (κ2) is 12.6. The molecule has 5 rings (SSSR count). The van der Waals surface area contributed by atoms with Gasteiger partial charge < -0.3 is 9.64 Å². The molecule has 0 unspecified atom stereocenters. The topological polar surface area (TPSA) is 12.5 Å². The van der Waals surface area contributed by atoms with Crippen LogP contribution in [-0.2, 0) is 5.60 Å². The number of ether oxygens (including phenoxy) is 1. The minimum absolute atomic E-state index is 0.0862. The van der Waals surface area contributed by atoms with Crippen LogP contribution in [0.4, 0.5) is 30.7 Å². The minimum Gasteiger partial charge on any atom is -0.476 e. The molecule has 0 atom stereocenters. The molecule has 1 aliphatic rings. The second-order valence-corrected chi connectivity index (χ2v) is 10.5. The highest BCUT2D eigenvalue weighted by Crippen LogP contribution is 2.41. The Balaban J connectivity index is 1.30. The van der Waals surface area contributed by atoms with Gasteiger partial charge in [-0.15, -0.1) is 0 Å². The Bertz CT molecular complexity index is 1430. The number of benzene rings is 4. The maximum absolute atomic E-state index is 14.6. The van der Waals surface area contributed by atoms with Crippen molar-refractivity contribution in [1.29, 1.82) is 0 Å². The van der Waals surface area contributed by atoms with Crippen molar-refractivity contribution in [3.8, 4) is 5.75 Å². The first-order valence-electron chi connectivity index (χ1n) is 13.7. The van der Waals surface area contributed by atoms with E-state index in [1.165, 1.54) is 24.3 Å². The summed E-state index contributed by atoms with van der Waals surface area (Å²) >= 11 is 0. The number of piperidine rings is 1. The fourth-order valence-corrected chi connectivity index (χ4v) is 5.63. The highest BCUT2D eigenvalue weighted by atomic mass is 19.2. The quantitative estimate of drug-likeness (QED) is 0.110. The van der Waals surface area contributed by atoms with Gasteiger partial charge in [-0.1, -0.05) is 54.6 Å². The fraction of sp³-hybridized carbons (Fsp3) is 0.273. The van der Waals surface area contributed by atoms with Crippen molar-refractivity contribution < 1.29 is 35.5 Å². The maximum Gasteiger partial charge on any atom is 0.207 e. The van der Waals surface area contributed by atoms with Crippen molar-refractivity contribution in [3.05, 3.63) is 136 Å². The first kappa shape index (κ1) is 29.6. The number of halogens is 7. The summed E-state index contributed by atoms with van der Waals surface area (Å²) in [5.41, 5.74) is 1.07. The van der Waals surface area contributed by atoms with Crippen LogP contribution in [0.2, 0.25) is 0 Å². The van der Waals surface area contributed by atoms with Crippen LogP contribution in [0.3, 0.4) is 0 Å². The summed E-state index contributed by atoms with van der Waals surface area (Å²) in [5.74, 6) is -12.4. The standard InChI is InChI=1S/C33H28F7NO/c34-24-12-8-21(9-13-24)26(22-10-14-25(35)15-11-22)7-4-18-41-19-16-33(17-20-41,23-5-2-1-3-6-23)42-32-30(39)28(37)27(36)29(38)31(32)40/h1-3,5-6,8-15,26H,4,7,16-20H2. The predicted octanol–water partition coefficient (Wildman–Crippen LogP) is 8.64. The SMILES string of the molecule is Fc1ccc(C(CCCN2CCC(Oc3c(F)c(F)c(F)c(F)c3F)(c3ccccc3)CC2)c2ccc(F)cc2)cc1. The number of likely N-dealkylation sites (tertiary alicyclic amines) is 1. The zero-order chi connectivity index (χ0) is 29.9. The largest absolute Gasteiger partial charge is 0.476 e. The van der Waals surface area contributed by atoms with Gasteiger partial charge in [0.05, 0.1) is 0 Å². The van der Waals surface area contributed by atoms with E-state index in [9.17, 15) is 30.7 Å². The molecule has 0 aromatic heterocycles. The Morgan fingerprint density at radius 1 is 0.619 bits per heavy atom. The van der Waals surface area contributed by atoms with E-state index in [0.717, 1.165) is 17.5 Å². The first-order chi connectivity index (χ1) is 20.2.